The highest BCUT2D eigenvalue weighted by Crippen LogP contribution is 2.42. The van der Waals surface area contributed by atoms with E-state index in [1.807, 2.05) is 75.0 Å². The summed E-state index contributed by atoms with van der Waals surface area (Å²) >= 11 is 25.3. The average molecular weight is 1020 g/mol. The summed E-state index contributed by atoms with van der Waals surface area (Å²) in [7, 11) is 0. The lowest BCUT2D eigenvalue weighted by Gasteiger charge is -2.35. The third-order valence-corrected chi connectivity index (χ3v) is 13.5. The number of rotatable bonds is 14. The maximum Gasteiger partial charge on any atom is 0.219 e. The van der Waals surface area contributed by atoms with E-state index in [1.165, 1.54) is 5.69 Å². The van der Waals surface area contributed by atoms with Gasteiger partial charge in [-0.3, -0.25) is 4.79 Å². The van der Waals surface area contributed by atoms with Gasteiger partial charge in [-0.05, 0) is 72.8 Å². The van der Waals surface area contributed by atoms with Crippen molar-refractivity contribution in [1.29, 1.82) is 0 Å². The number of carbonyl (C=O) groups is 1. The number of halogens is 4. The molecule has 15 nitrogen and oxygen atoms in total. The molecule has 4 aromatic carbocycles. The first-order valence-electron chi connectivity index (χ1n) is 22.9. The van der Waals surface area contributed by atoms with E-state index in [-0.39, 0.29) is 18.1 Å². The van der Waals surface area contributed by atoms with Gasteiger partial charge in [-0.1, -0.05) is 58.5 Å². The van der Waals surface area contributed by atoms with Crippen LogP contribution in [-0.2, 0) is 48.4 Å². The molecule has 4 atom stereocenters. The van der Waals surface area contributed by atoms with Crippen LogP contribution in [0.5, 0.6) is 11.5 Å². The third kappa shape index (κ3) is 12.1. The number of ether oxygens (including phenoxy) is 6. The van der Waals surface area contributed by atoms with Crippen LogP contribution in [0.15, 0.2) is 122 Å². The Balaban J connectivity index is 0.000000172. The van der Waals surface area contributed by atoms with Crippen molar-refractivity contribution >= 4 is 63.7 Å². The Kier molecular flexibility index (Phi) is 15.8. The van der Waals surface area contributed by atoms with Gasteiger partial charge in [0.25, 0.3) is 0 Å². The van der Waals surface area contributed by atoms with Crippen LogP contribution in [0.3, 0.4) is 0 Å². The molecule has 0 saturated carbocycles. The second kappa shape index (κ2) is 22.3. The average Bonchev–Trinajstić information content (AvgIpc) is 4.22. The number of imidazole rings is 2. The van der Waals surface area contributed by atoms with Crippen molar-refractivity contribution in [3.8, 4) is 11.5 Å². The number of aromatic nitrogens is 4. The molecule has 4 aliphatic rings. The van der Waals surface area contributed by atoms with E-state index in [0.29, 0.717) is 65.2 Å². The second-order valence-electron chi connectivity index (χ2n) is 17.2. The molecule has 0 bridgehead atoms. The van der Waals surface area contributed by atoms with Gasteiger partial charge in [0.1, 0.15) is 36.9 Å². The summed E-state index contributed by atoms with van der Waals surface area (Å²) in [6.45, 7) is 11.0. The van der Waals surface area contributed by atoms with Crippen LogP contribution in [0, 0.1) is 0 Å². The van der Waals surface area contributed by atoms with Crippen molar-refractivity contribution in [3.63, 3.8) is 0 Å². The first-order chi connectivity index (χ1) is 33.5. The van der Waals surface area contributed by atoms with Gasteiger partial charge in [0.05, 0.1) is 49.0 Å². The molecule has 19 heteroatoms. The van der Waals surface area contributed by atoms with Crippen molar-refractivity contribution in [3.05, 3.63) is 154 Å². The topological polar surface area (TPSA) is 130 Å². The summed E-state index contributed by atoms with van der Waals surface area (Å²) in [6, 6.07) is 26.8. The van der Waals surface area contributed by atoms with Gasteiger partial charge in [0.15, 0.2) is 0 Å². The quantitative estimate of drug-likeness (QED) is 0.113. The molecule has 2 aromatic heterocycles. The molecule has 69 heavy (non-hydrogen) atoms. The van der Waals surface area contributed by atoms with Crippen molar-refractivity contribution in [2.24, 2.45) is 0 Å². The molecule has 0 unspecified atom stereocenters. The maximum atomic E-state index is 11.6. The lowest BCUT2D eigenvalue weighted by atomic mass is 10.1. The molecule has 6 heterocycles. The number of carbonyl (C=O) groups excluding carboxylic acids is 1. The van der Waals surface area contributed by atoms with Gasteiger partial charge in [0, 0.05) is 117 Å². The molecule has 0 radical (unpaired) electrons. The van der Waals surface area contributed by atoms with E-state index in [9.17, 15) is 4.79 Å². The van der Waals surface area contributed by atoms with Crippen LogP contribution in [0.1, 0.15) is 18.1 Å². The molecule has 364 valence electrons. The van der Waals surface area contributed by atoms with Gasteiger partial charge in [-0.15, -0.1) is 0 Å². The predicted molar refractivity (Wildman–Crippen MR) is 266 cm³/mol. The van der Waals surface area contributed by atoms with Crippen LogP contribution in [0.25, 0.3) is 0 Å². The lowest BCUT2D eigenvalue weighted by Crippen LogP contribution is -2.48. The molecule has 0 spiro atoms. The molecule has 4 aliphatic heterocycles. The fourth-order valence-electron chi connectivity index (χ4n) is 8.84. The molecule has 10 rings (SSSR count). The minimum absolute atomic E-state index is 0.129. The monoisotopic (exact) mass is 1020 g/mol. The predicted octanol–water partition coefficient (Wildman–Crippen LogP) is 8.15. The minimum Gasteiger partial charge on any atom is -0.491 e. The summed E-state index contributed by atoms with van der Waals surface area (Å²) in [5, 5.41) is 5.45. The van der Waals surface area contributed by atoms with Crippen molar-refractivity contribution < 1.29 is 33.2 Å². The molecular formula is C50H54Cl4N8O7. The van der Waals surface area contributed by atoms with E-state index in [4.69, 9.17) is 74.8 Å². The van der Waals surface area contributed by atoms with Crippen LogP contribution in [0.4, 0.5) is 11.4 Å². The fraction of sp³-hybridized carbons (Fsp3) is 0.380. The van der Waals surface area contributed by atoms with Gasteiger partial charge in [-0.2, -0.15) is 0 Å². The Morgan fingerprint density at radius 2 is 1.09 bits per heavy atom. The molecule has 1 N–H and O–H groups in total. The van der Waals surface area contributed by atoms with E-state index >= 15 is 0 Å². The van der Waals surface area contributed by atoms with E-state index in [1.54, 1.807) is 56.2 Å². The SMILES string of the molecule is CC(=O)N1CCN(c2ccc(OC[C@H]3CO[C@](Cn4ccnc4)(c4ccc(Cl)cc4Cl)O3)cc2)CC1.Clc1ccc([C@@]2(Cn3ccnc3)OC[C@H](COc3ccc(N4CCNCC4)cc3)O2)c(Cl)c1. The highest BCUT2D eigenvalue weighted by atomic mass is 35.5. The van der Waals surface area contributed by atoms with Gasteiger partial charge in [-0.25, -0.2) is 9.97 Å². The molecule has 1 amide bonds. The number of hydrogen-bond acceptors (Lipinski definition) is 12. The fourth-order valence-corrected chi connectivity index (χ4v) is 9.94. The number of hydrogen-bond donors (Lipinski definition) is 1. The highest BCUT2D eigenvalue weighted by Gasteiger charge is 2.46. The second-order valence-corrected chi connectivity index (χ2v) is 18.9. The Morgan fingerprint density at radius 1 is 0.638 bits per heavy atom. The van der Waals surface area contributed by atoms with E-state index < -0.39 is 11.6 Å². The first-order valence-corrected chi connectivity index (χ1v) is 24.4. The Hall–Kier alpha value is -5.07. The summed E-state index contributed by atoms with van der Waals surface area (Å²) < 4.78 is 41.2. The summed E-state index contributed by atoms with van der Waals surface area (Å²) in [4.78, 5) is 26.3. The Labute approximate surface area is 421 Å². The van der Waals surface area contributed by atoms with E-state index in [0.717, 1.165) is 75.1 Å². The number of benzene rings is 4. The number of nitrogens with one attached hydrogen (secondary N) is 1. The molecule has 4 fully saturated rings. The Morgan fingerprint density at radius 3 is 1.49 bits per heavy atom. The number of amides is 1. The van der Waals surface area contributed by atoms with Crippen LogP contribution in [-0.4, -0.2) is 121 Å². The molecule has 0 aliphatic carbocycles. The normalized spacial score (nSPS) is 22.6. The Bertz CT molecular complexity index is 2600. The molecule has 4 saturated heterocycles. The number of piperazine rings is 2. The van der Waals surface area contributed by atoms with Gasteiger partial charge >= 0.3 is 0 Å². The molecular weight excluding hydrogens is 966 g/mol. The number of anilines is 2. The van der Waals surface area contributed by atoms with E-state index in [2.05, 4.69) is 37.2 Å². The highest BCUT2D eigenvalue weighted by molar-refractivity contribution is 6.35. The smallest absolute Gasteiger partial charge is 0.219 e. The largest absolute Gasteiger partial charge is 0.491 e. The molecule has 6 aromatic rings. The zero-order valence-corrected chi connectivity index (χ0v) is 41.1. The maximum absolute atomic E-state index is 11.6. The van der Waals surface area contributed by atoms with Crippen molar-refractivity contribution in [2.75, 3.05) is 88.6 Å². The summed E-state index contributed by atoms with van der Waals surface area (Å²) in [5.41, 5.74) is 3.76. The summed E-state index contributed by atoms with van der Waals surface area (Å²) in [6.07, 6.45) is 10.0. The van der Waals surface area contributed by atoms with Crippen LogP contribution in [0.2, 0.25) is 20.1 Å². The van der Waals surface area contributed by atoms with Gasteiger partial charge < -0.3 is 57.6 Å². The third-order valence-electron chi connectivity index (χ3n) is 12.4. The lowest BCUT2D eigenvalue weighted by molar-refractivity contribution is -0.189. The number of nitrogens with zero attached hydrogens (tertiary/aromatic N) is 7. The van der Waals surface area contributed by atoms with Crippen LogP contribution >= 0.6 is 46.4 Å². The zero-order chi connectivity index (χ0) is 47.8. The zero-order valence-electron chi connectivity index (χ0n) is 38.1. The summed E-state index contributed by atoms with van der Waals surface area (Å²) in [5.74, 6) is -0.454. The minimum atomic E-state index is -1.08. The van der Waals surface area contributed by atoms with Crippen LogP contribution < -0.4 is 24.6 Å². The first kappa shape index (κ1) is 48.9. The van der Waals surface area contributed by atoms with Gasteiger partial charge in [0.2, 0.25) is 17.5 Å². The van der Waals surface area contributed by atoms with Crippen molar-refractivity contribution in [2.45, 2.75) is 43.8 Å². The standard InChI is InChI=1S/C26H28Cl2N4O4.C24H26Cl2N4O3/c1-19(33)31-10-12-32(13-11-31)21-3-5-22(6-4-21)34-15-23-16-35-26(36-23,17-30-9-8-29-18-30)24-7-2-20(27)14-25(24)28;25-18-1-6-22(23(26)13-18)24(16-29-10-7-28-17-29)32-15-21(33-24)14-31-20-4-2-19(3-5-20)30-11-8-27-9-12-30/h2-9,14,18,23H,10-13,15-17H2,1H3;1-7,10,13,17,21,27H,8-9,11-12,14-16H2/t23-,26-;21-,24-/m00/s1. The van der Waals surface area contributed by atoms with Crippen molar-refractivity contribution in [1.82, 2.24) is 29.3 Å².